The monoisotopic (exact) mass is 688 g/mol. The van der Waals surface area contributed by atoms with E-state index in [9.17, 15) is 9.90 Å². The Morgan fingerprint density at radius 3 is 2.45 bits per heavy atom. The number of aromatic nitrogens is 3. The number of hydrogen-bond acceptors (Lipinski definition) is 11. The molecule has 6 rings (SSSR count). The molecule has 13 heteroatoms. The van der Waals surface area contributed by atoms with Crippen LogP contribution < -0.4 is 16.0 Å². The summed E-state index contributed by atoms with van der Waals surface area (Å²) in [6.45, 7) is 17.2. The van der Waals surface area contributed by atoms with Crippen molar-refractivity contribution in [1.82, 2.24) is 24.8 Å². The Morgan fingerprint density at radius 2 is 1.82 bits per heavy atom. The molecule has 0 spiro atoms. The molecule has 0 aliphatic carbocycles. The van der Waals surface area contributed by atoms with Crippen molar-refractivity contribution < 1.29 is 19.1 Å². The maximum Gasteiger partial charge on any atom is 0.328 e. The molecule has 3 aliphatic heterocycles. The van der Waals surface area contributed by atoms with Crippen LogP contribution >= 0.6 is 0 Å². The summed E-state index contributed by atoms with van der Waals surface area (Å²) >= 11 is 0. The Balaban J connectivity index is 1.07. The minimum absolute atomic E-state index is 0.150. The third kappa shape index (κ3) is 7.82. The molecule has 2 unspecified atom stereocenters. The molecular formula is C36H52N8O4Si. The van der Waals surface area contributed by atoms with Gasteiger partial charge in [-0.3, -0.25) is 14.6 Å². The van der Waals surface area contributed by atoms with E-state index in [2.05, 4.69) is 71.0 Å². The van der Waals surface area contributed by atoms with Crippen LogP contribution in [0, 0.1) is 0 Å². The van der Waals surface area contributed by atoms with Gasteiger partial charge >= 0.3 is 5.97 Å². The molecule has 5 heterocycles. The van der Waals surface area contributed by atoms with Gasteiger partial charge in [-0.15, -0.1) is 0 Å². The molecule has 12 nitrogen and oxygen atoms in total. The fourth-order valence-corrected chi connectivity index (χ4v) is 8.14. The van der Waals surface area contributed by atoms with Crippen molar-refractivity contribution in [2.45, 2.75) is 76.0 Å². The maximum atomic E-state index is 11.9. The number of rotatable bonds is 12. The minimum Gasteiger partial charge on any atom is -0.480 e. The second-order valence-electron chi connectivity index (χ2n) is 15.2. The summed E-state index contributed by atoms with van der Waals surface area (Å²) < 4.78 is 12.0. The molecule has 264 valence electrons. The van der Waals surface area contributed by atoms with Gasteiger partial charge in [-0.1, -0.05) is 32.9 Å². The first kappa shape index (κ1) is 35.4. The number of benzene rings is 1. The van der Waals surface area contributed by atoms with E-state index >= 15 is 0 Å². The van der Waals surface area contributed by atoms with E-state index in [0.717, 1.165) is 61.7 Å². The number of nitrogens with two attached hydrogens (primary N) is 1. The van der Waals surface area contributed by atoms with E-state index in [1.807, 2.05) is 36.7 Å². The van der Waals surface area contributed by atoms with Gasteiger partial charge < -0.3 is 30.2 Å². The van der Waals surface area contributed by atoms with E-state index < -0.39 is 19.8 Å². The molecule has 0 radical (unpaired) electrons. The van der Waals surface area contributed by atoms with Gasteiger partial charge in [0, 0.05) is 75.2 Å². The lowest BCUT2D eigenvalue weighted by Gasteiger charge is -2.49. The predicted molar refractivity (Wildman–Crippen MR) is 195 cm³/mol. The van der Waals surface area contributed by atoms with Crippen molar-refractivity contribution in [2.75, 3.05) is 62.7 Å². The highest BCUT2D eigenvalue weighted by atomic mass is 28.4. The fraction of sp³-hybridized carbons (Fsp3) is 0.556. The van der Waals surface area contributed by atoms with Gasteiger partial charge in [-0.25, -0.2) is 15.0 Å². The highest BCUT2D eigenvalue weighted by Crippen LogP contribution is 2.39. The topological polar surface area (TPSA) is 142 Å². The van der Waals surface area contributed by atoms with Gasteiger partial charge in [0.05, 0.1) is 19.3 Å². The Labute approximate surface area is 291 Å². The number of anilines is 3. The van der Waals surface area contributed by atoms with Crippen LogP contribution in [0.5, 0.6) is 0 Å². The molecule has 49 heavy (non-hydrogen) atoms. The second-order valence-corrected chi connectivity index (χ2v) is 20.0. The lowest BCUT2D eigenvalue weighted by Crippen LogP contribution is -2.70. The van der Waals surface area contributed by atoms with Crippen LogP contribution in [-0.4, -0.2) is 114 Å². The average molecular weight is 689 g/mol. The number of ether oxygens (including phenoxy) is 1. The zero-order valence-electron chi connectivity index (χ0n) is 29.6. The quantitative estimate of drug-likeness (QED) is 0.230. The van der Waals surface area contributed by atoms with Crippen LogP contribution in [0.15, 0.2) is 55.0 Å². The average Bonchev–Trinajstić information content (AvgIpc) is 3.42. The molecule has 3 saturated heterocycles. The molecule has 4 N–H and O–H groups in total. The van der Waals surface area contributed by atoms with Crippen molar-refractivity contribution >= 4 is 31.7 Å². The van der Waals surface area contributed by atoms with Crippen LogP contribution in [0.25, 0.3) is 11.1 Å². The molecule has 3 aliphatic rings. The maximum absolute atomic E-state index is 11.9. The number of carboxylic acids is 1. The highest BCUT2D eigenvalue weighted by Gasteiger charge is 2.51. The summed E-state index contributed by atoms with van der Waals surface area (Å²) in [4.78, 5) is 32.8. The molecule has 0 amide bonds. The number of carboxylic acid groups (broad SMARTS) is 1. The molecule has 2 atom stereocenters. The number of pyridine rings is 1. The van der Waals surface area contributed by atoms with Gasteiger partial charge in [0.1, 0.15) is 5.82 Å². The smallest absolute Gasteiger partial charge is 0.328 e. The van der Waals surface area contributed by atoms with Gasteiger partial charge in [0.2, 0.25) is 5.95 Å². The van der Waals surface area contributed by atoms with E-state index in [0.29, 0.717) is 25.6 Å². The Kier molecular flexibility index (Phi) is 10.4. The van der Waals surface area contributed by atoms with Gasteiger partial charge in [0.25, 0.3) is 0 Å². The molecule has 1 aromatic carbocycles. The first-order valence-electron chi connectivity index (χ1n) is 17.4. The zero-order chi connectivity index (χ0) is 34.8. The summed E-state index contributed by atoms with van der Waals surface area (Å²) in [6.07, 6.45) is 7.54. The number of nitrogens with one attached hydrogen (secondary N) is 1. The van der Waals surface area contributed by atoms with Crippen LogP contribution in [-0.2, 0) is 20.5 Å². The van der Waals surface area contributed by atoms with Crippen LogP contribution in [0.3, 0.4) is 0 Å². The lowest BCUT2D eigenvalue weighted by molar-refractivity contribution is -0.190. The van der Waals surface area contributed by atoms with Crippen LogP contribution in [0.2, 0.25) is 18.1 Å². The third-order valence-corrected chi connectivity index (χ3v) is 15.3. The number of piperazine rings is 1. The lowest BCUT2D eigenvalue weighted by atomic mass is 9.94. The minimum atomic E-state index is -1.90. The van der Waals surface area contributed by atoms with Crippen molar-refractivity contribution in [1.29, 1.82) is 0 Å². The van der Waals surface area contributed by atoms with Crippen molar-refractivity contribution in [3.05, 3.63) is 60.6 Å². The molecule has 0 saturated carbocycles. The number of hydrogen-bond donors (Lipinski definition) is 3. The van der Waals surface area contributed by atoms with E-state index in [4.69, 9.17) is 24.9 Å². The Hall–Kier alpha value is -3.46. The SMILES string of the molecule is CC(C)(C)[Si](C)(C)OC1CC(CCN)N(c2ncc(-c3ccnc(Nc4cccc(CN5CCN(C6(C(=O)O)COC6)CC5)c4)c3)cn2)C1. The molecule has 0 bridgehead atoms. The first-order chi connectivity index (χ1) is 23.4. The third-order valence-electron chi connectivity index (χ3n) is 10.8. The van der Waals surface area contributed by atoms with Crippen molar-refractivity contribution in [3.63, 3.8) is 0 Å². The molecule has 3 fully saturated rings. The number of carbonyl (C=O) groups is 1. The van der Waals surface area contributed by atoms with Gasteiger partial charge in [-0.2, -0.15) is 0 Å². The summed E-state index contributed by atoms with van der Waals surface area (Å²) in [7, 11) is -1.90. The summed E-state index contributed by atoms with van der Waals surface area (Å²) in [5.41, 5.74) is 9.20. The first-order valence-corrected chi connectivity index (χ1v) is 20.4. The Morgan fingerprint density at radius 1 is 1.08 bits per heavy atom. The highest BCUT2D eigenvalue weighted by molar-refractivity contribution is 6.74. The van der Waals surface area contributed by atoms with Gasteiger partial charge in [-0.05, 0) is 72.9 Å². The zero-order valence-corrected chi connectivity index (χ0v) is 30.6. The number of nitrogens with zero attached hydrogens (tertiary/aromatic N) is 6. The normalized spacial score (nSPS) is 21.8. The second kappa shape index (κ2) is 14.4. The van der Waals surface area contributed by atoms with E-state index in [1.54, 1.807) is 6.20 Å². The largest absolute Gasteiger partial charge is 0.480 e. The van der Waals surface area contributed by atoms with Crippen LogP contribution in [0.4, 0.5) is 17.5 Å². The summed E-state index contributed by atoms with van der Waals surface area (Å²) in [6, 6.07) is 12.6. The fourth-order valence-electron chi connectivity index (χ4n) is 6.78. The molecular weight excluding hydrogens is 637 g/mol. The van der Waals surface area contributed by atoms with Crippen LogP contribution in [0.1, 0.15) is 39.2 Å². The summed E-state index contributed by atoms with van der Waals surface area (Å²) in [5.74, 6) is 0.669. The predicted octanol–water partition coefficient (Wildman–Crippen LogP) is 4.57. The summed E-state index contributed by atoms with van der Waals surface area (Å²) in [5, 5.41) is 13.4. The van der Waals surface area contributed by atoms with E-state index in [1.165, 1.54) is 5.56 Å². The van der Waals surface area contributed by atoms with Crippen molar-refractivity contribution in [3.8, 4) is 11.1 Å². The standard InChI is InChI=1S/C36H52N8O4Si/c1-35(2,3)49(4,5)48-31-19-30(9-11-37)44(23-31)34-39-20-28(21-40-34)27-10-12-38-32(18-27)41-29-8-6-7-26(17-29)22-42-13-15-43(16-14-42)36(33(45)46)24-47-25-36/h6-8,10,12,17-18,20-21,30-31H,9,11,13-16,19,22-25,37H2,1-5H3,(H,38,41)(H,45,46). The molecule has 3 aromatic rings. The van der Waals surface area contributed by atoms with Gasteiger partial charge in [0.15, 0.2) is 13.9 Å². The van der Waals surface area contributed by atoms with Crippen molar-refractivity contribution in [2.24, 2.45) is 5.73 Å². The number of aliphatic carboxylic acids is 1. The van der Waals surface area contributed by atoms with E-state index in [-0.39, 0.29) is 30.4 Å². The Bertz CT molecular complexity index is 1590. The molecule has 2 aromatic heterocycles.